The normalized spacial score (nSPS) is 17.8. The molecule has 270 valence electrons. The van der Waals surface area contributed by atoms with Crippen molar-refractivity contribution in [3.63, 3.8) is 0 Å². The molecular weight excluding hydrogens is 687 g/mol. The molecule has 0 saturated carbocycles. The molecule has 8 aromatic rings. The van der Waals surface area contributed by atoms with Crippen molar-refractivity contribution >= 4 is 27.9 Å². The van der Waals surface area contributed by atoms with Gasteiger partial charge < -0.3 is 0 Å². The van der Waals surface area contributed by atoms with E-state index in [1.807, 2.05) is 0 Å². The highest BCUT2D eigenvalue weighted by Gasteiger charge is 2.57. The van der Waals surface area contributed by atoms with Crippen molar-refractivity contribution in [2.75, 3.05) is 0 Å². The summed E-state index contributed by atoms with van der Waals surface area (Å²) in [4.78, 5) is 0. The van der Waals surface area contributed by atoms with Gasteiger partial charge in [-0.15, -0.1) is 0 Å². The van der Waals surface area contributed by atoms with Crippen LogP contribution in [-0.4, -0.2) is 10.3 Å². The Bertz CT molecular complexity index is 2810. The average molecular weight is 729 g/mol. The van der Waals surface area contributed by atoms with Gasteiger partial charge in [-0.2, -0.15) is 4.58 Å². The predicted octanol–water partition coefficient (Wildman–Crippen LogP) is 13.8. The first-order chi connectivity index (χ1) is 28.3. The molecule has 0 spiro atoms. The second-order valence-electron chi connectivity index (χ2n) is 15.7. The topological polar surface area (TPSA) is 3.01 Å². The third-order valence-corrected chi connectivity index (χ3v) is 12.8. The predicted molar refractivity (Wildman–Crippen MR) is 237 cm³/mol. The SMILES string of the molecule is C1=CC2c3c(cc4ccccc4c3[N+]3=C(c4ccc(-c5ccccc5)cc4)C=C3c3ccc(-c4ccccc4)cc3)C(c3ccccc3)(c3ccccc3)C2CC1. The molecule has 1 aliphatic heterocycles. The molecule has 0 amide bonds. The molecule has 0 N–H and O–H groups in total. The Hall–Kier alpha value is -6.83. The van der Waals surface area contributed by atoms with E-state index in [1.54, 1.807) is 0 Å². The second kappa shape index (κ2) is 13.7. The molecule has 2 unspecified atom stereocenters. The lowest BCUT2D eigenvalue weighted by atomic mass is 9.62. The molecule has 0 aromatic heterocycles. The van der Waals surface area contributed by atoms with E-state index in [0.717, 1.165) is 12.8 Å². The third-order valence-electron chi connectivity index (χ3n) is 12.8. The summed E-state index contributed by atoms with van der Waals surface area (Å²) in [7, 11) is 0. The Kier molecular flexibility index (Phi) is 8.07. The van der Waals surface area contributed by atoms with Gasteiger partial charge in [0.25, 0.3) is 0 Å². The Morgan fingerprint density at radius 3 is 1.56 bits per heavy atom. The number of hydrogen-bond acceptors (Lipinski definition) is 0. The van der Waals surface area contributed by atoms with E-state index < -0.39 is 0 Å². The largest absolute Gasteiger partial charge is 0.225 e. The number of fused-ring (bicyclic) bond motifs is 4. The summed E-state index contributed by atoms with van der Waals surface area (Å²) >= 11 is 0. The van der Waals surface area contributed by atoms with Crippen molar-refractivity contribution in [1.82, 2.24) is 0 Å². The maximum atomic E-state index is 2.61. The smallest absolute Gasteiger partial charge is 0.151 e. The van der Waals surface area contributed by atoms with Gasteiger partial charge in [0.2, 0.25) is 17.1 Å². The molecule has 8 aromatic carbocycles. The highest BCUT2D eigenvalue weighted by molar-refractivity contribution is 6.15. The van der Waals surface area contributed by atoms with Crippen molar-refractivity contribution in [2.24, 2.45) is 5.92 Å². The number of allylic oxidation sites excluding steroid dienone is 3. The van der Waals surface area contributed by atoms with E-state index in [4.69, 9.17) is 0 Å². The van der Waals surface area contributed by atoms with Gasteiger partial charge in [0.05, 0.1) is 11.5 Å². The van der Waals surface area contributed by atoms with Crippen molar-refractivity contribution in [3.8, 4) is 22.3 Å². The lowest BCUT2D eigenvalue weighted by molar-refractivity contribution is -0.340. The minimum absolute atomic E-state index is 0.248. The first kappa shape index (κ1) is 33.5. The molecule has 57 heavy (non-hydrogen) atoms. The highest BCUT2D eigenvalue weighted by Crippen LogP contribution is 2.64. The van der Waals surface area contributed by atoms with Crippen LogP contribution in [0.5, 0.6) is 0 Å². The second-order valence-corrected chi connectivity index (χ2v) is 15.7. The van der Waals surface area contributed by atoms with Gasteiger partial charge in [-0.1, -0.05) is 176 Å². The monoisotopic (exact) mass is 728 g/mol. The Labute approximate surface area is 335 Å². The Morgan fingerprint density at radius 2 is 0.965 bits per heavy atom. The zero-order valence-corrected chi connectivity index (χ0v) is 31.8. The molecule has 1 heterocycles. The van der Waals surface area contributed by atoms with Crippen LogP contribution in [0, 0.1) is 5.92 Å². The van der Waals surface area contributed by atoms with Crippen LogP contribution in [0.3, 0.4) is 0 Å². The molecule has 0 bridgehead atoms. The first-order valence-electron chi connectivity index (χ1n) is 20.3. The molecule has 0 saturated heterocycles. The first-order valence-corrected chi connectivity index (χ1v) is 20.3. The highest BCUT2D eigenvalue weighted by atomic mass is 15.1. The van der Waals surface area contributed by atoms with Crippen molar-refractivity contribution in [2.45, 2.75) is 24.2 Å². The summed E-state index contributed by atoms with van der Waals surface area (Å²) in [6.07, 6.45) is 9.60. The van der Waals surface area contributed by atoms with Gasteiger partial charge in [0.1, 0.15) is 0 Å². The fourth-order valence-electron chi connectivity index (χ4n) is 10.3. The van der Waals surface area contributed by atoms with Crippen molar-refractivity contribution in [1.29, 1.82) is 0 Å². The van der Waals surface area contributed by atoms with Crippen LogP contribution in [0.2, 0.25) is 0 Å². The Morgan fingerprint density at radius 1 is 0.474 bits per heavy atom. The van der Waals surface area contributed by atoms with Gasteiger partial charge in [0, 0.05) is 28.0 Å². The third kappa shape index (κ3) is 5.34. The van der Waals surface area contributed by atoms with Crippen LogP contribution in [0.4, 0.5) is 5.69 Å². The summed E-state index contributed by atoms with van der Waals surface area (Å²) in [5.41, 5.74) is 16.4. The maximum Gasteiger partial charge on any atom is 0.225 e. The number of rotatable bonds is 7. The fourth-order valence-corrected chi connectivity index (χ4v) is 10.3. The minimum atomic E-state index is -0.310. The standard InChI is InChI=1S/C56H42N/c1-5-17-39(18-6-1)41-29-33-43(34-30-41)52-38-53(44-35-31-42(32-36-44)40-19-7-2-8-20-40)57(52)55-48-26-14-13-21-45(48)37-51-54(55)49-27-15-16-28-50(49)56(51,46-22-9-3-10-23-46)47-24-11-4-12-25-47/h1-15,17-27,29-38,49-50H,16,28H2/q+1. The van der Waals surface area contributed by atoms with Crippen LogP contribution in [0.15, 0.2) is 218 Å². The quantitative estimate of drug-likeness (QED) is 0.114. The van der Waals surface area contributed by atoms with E-state index >= 15 is 0 Å². The van der Waals surface area contributed by atoms with E-state index in [9.17, 15) is 0 Å². The molecule has 0 fully saturated rings. The average Bonchev–Trinajstić information content (AvgIpc) is 3.58. The van der Waals surface area contributed by atoms with Gasteiger partial charge >= 0.3 is 0 Å². The molecule has 1 nitrogen and oxygen atoms in total. The molecule has 11 rings (SSSR count). The number of benzene rings is 8. The van der Waals surface area contributed by atoms with Gasteiger partial charge in [-0.3, -0.25) is 0 Å². The zero-order chi connectivity index (χ0) is 37.8. The van der Waals surface area contributed by atoms with Crippen LogP contribution >= 0.6 is 0 Å². The van der Waals surface area contributed by atoms with E-state index in [-0.39, 0.29) is 11.3 Å². The molecule has 2 aliphatic carbocycles. The van der Waals surface area contributed by atoms with E-state index in [0.29, 0.717) is 5.92 Å². The minimum Gasteiger partial charge on any atom is -0.151 e. The van der Waals surface area contributed by atoms with Gasteiger partial charge in [-0.25, -0.2) is 0 Å². The van der Waals surface area contributed by atoms with Gasteiger partial charge in [0.15, 0.2) is 0 Å². The van der Waals surface area contributed by atoms with Gasteiger partial charge in [-0.05, 0) is 99.5 Å². The van der Waals surface area contributed by atoms with E-state index in [2.05, 4.69) is 223 Å². The van der Waals surface area contributed by atoms with Crippen LogP contribution in [0.1, 0.15) is 52.1 Å². The summed E-state index contributed by atoms with van der Waals surface area (Å²) in [6, 6.07) is 74.1. The van der Waals surface area contributed by atoms with Crippen molar-refractivity contribution < 1.29 is 4.58 Å². The lowest BCUT2D eigenvalue weighted by Gasteiger charge is -2.40. The zero-order valence-electron chi connectivity index (χ0n) is 31.8. The maximum absolute atomic E-state index is 2.61. The Balaban J connectivity index is 1.19. The van der Waals surface area contributed by atoms with Crippen LogP contribution < -0.4 is 0 Å². The van der Waals surface area contributed by atoms with Crippen LogP contribution in [-0.2, 0) is 5.41 Å². The van der Waals surface area contributed by atoms with Crippen molar-refractivity contribution in [3.05, 3.63) is 252 Å². The molecular formula is C56H42N+. The lowest BCUT2D eigenvalue weighted by Crippen LogP contribution is -2.36. The fraction of sp³-hybridized carbons (Fsp3) is 0.0893. The number of nitrogens with zero attached hydrogens (tertiary/aromatic N) is 1. The van der Waals surface area contributed by atoms with Crippen LogP contribution in [0.25, 0.3) is 38.7 Å². The summed E-state index contributed by atoms with van der Waals surface area (Å²) < 4.78 is 2.61. The molecule has 0 radical (unpaired) electrons. The van der Waals surface area contributed by atoms with E-state index in [1.165, 1.54) is 83.5 Å². The summed E-state index contributed by atoms with van der Waals surface area (Å²) in [5.74, 6) is 0.614. The number of hydrogen-bond donors (Lipinski definition) is 0. The molecule has 2 atom stereocenters. The molecule has 3 aliphatic rings. The summed E-state index contributed by atoms with van der Waals surface area (Å²) in [5, 5.41) is 2.56. The summed E-state index contributed by atoms with van der Waals surface area (Å²) in [6.45, 7) is 0. The molecule has 1 heteroatoms.